The number of para-hydroxylation sites is 1. The van der Waals surface area contributed by atoms with Crippen LogP contribution in [0.5, 0.6) is 0 Å². The van der Waals surface area contributed by atoms with Crippen molar-refractivity contribution in [2.45, 2.75) is 20.3 Å². The number of nitrogens with zero attached hydrogens (tertiary/aromatic N) is 3. The number of aliphatic imine (C=N–C) groups is 1. The summed E-state index contributed by atoms with van der Waals surface area (Å²) in [7, 11) is 0. The van der Waals surface area contributed by atoms with Gasteiger partial charge in [-0.25, -0.2) is 9.97 Å². The lowest BCUT2D eigenvalue weighted by Crippen LogP contribution is -2.39. The topological polar surface area (TPSA) is 74.2 Å². The van der Waals surface area contributed by atoms with Gasteiger partial charge in [0.2, 0.25) is 0 Å². The van der Waals surface area contributed by atoms with E-state index < -0.39 is 0 Å². The van der Waals surface area contributed by atoms with E-state index in [0.29, 0.717) is 0 Å². The molecule has 2 aromatic heterocycles. The zero-order chi connectivity index (χ0) is 18.2. The number of thiazole rings is 2. The first-order chi connectivity index (χ1) is 12.7. The molecule has 0 bridgehead atoms. The molecule has 0 atom stereocenters. The van der Waals surface area contributed by atoms with Crippen molar-refractivity contribution in [1.29, 1.82) is 0 Å². The van der Waals surface area contributed by atoms with Gasteiger partial charge in [0.05, 0.1) is 15.2 Å². The Hall–Kier alpha value is -2.19. The molecule has 0 fully saturated rings. The first kappa shape index (κ1) is 18.6. The molecule has 0 spiro atoms. The highest BCUT2D eigenvalue weighted by Gasteiger charge is 2.03. The van der Waals surface area contributed by atoms with Gasteiger partial charge in [-0.2, -0.15) is 0 Å². The van der Waals surface area contributed by atoms with E-state index >= 15 is 0 Å². The smallest absolute Gasteiger partial charge is 0.191 e. The van der Waals surface area contributed by atoms with E-state index in [0.717, 1.165) is 54.2 Å². The Morgan fingerprint density at radius 1 is 1.15 bits per heavy atom. The Morgan fingerprint density at radius 3 is 2.81 bits per heavy atom. The predicted octanol–water partition coefficient (Wildman–Crippen LogP) is 3.27. The summed E-state index contributed by atoms with van der Waals surface area (Å²) in [5.74, 6) is 0.840. The first-order valence-corrected chi connectivity index (χ1v) is 10.4. The van der Waals surface area contributed by atoms with E-state index in [9.17, 15) is 0 Å². The zero-order valence-electron chi connectivity index (χ0n) is 15.1. The van der Waals surface area contributed by atoms with Gasteiger partial charge in [0.25, 0.3) is 0 Å². The molecule has 0 amide bonds. The Kier molecular flexibility index (Phi) is 6.79. The molecule has 26 heavy (non-hydrogen) atoms. The second kappa shape index (κ2) is 9.49. The Labute approximate surface area is 161 Å². The highest BCUT2D eigenvalue weighted by Crippen LogP contribution is 2.24. The van der Waals surface area contributed by atoms with Crippen LogP contribution in [0, 0.1) is 6.92 Å². The minimum atomic E-state index is 0.730. The molecule has 138 valence electrons. The van der Waals surface area contributed by atoms with Gasteiger partial charge < -0.3 is 16.0 Å². The fourth-order valence-electron chi connectivity index (χ4n) is 2.42. The fourth-order valence-corrected chi connectivity index (χ4v) is 4.09. The maximum Gasteiger partial charge on any atom is 0.191 e. The van der Waals surface area contributed by atoms with Crippen molar-refractivity contribution in [1.82, 2.24) is 20.6 Å². The lowest BCUT2D eigenvalue weighted by atomic mass is 10.3. The van der Waals surface area contributed by atoms with Crippen LogP contribution in [0.25, 0.3) is 10.2 Å². The molecule has 0 saturated carbocycles. The summed E-state index contributed by atoms with van der Waals surface area (Å²) in [5, 5.41) is 12.1. The molecule has 0 aliphatic heterocycles. The zero-order valence-corrected chi connectivity index (χ0v) is 16.7. The minimum Gasteiger partial charge on any atom is -0.360 e. The van der Waals surface area contributed by atoms with E-state index in [1.807, 2.05) is 24.4 Å². The molecule has 6 nitrogen and oxygen atoms in total. The second-order valence-corrected chi connectivity index (χ2v) is 8.07. The van der Waals surface area contributed by atoms with Gasteiger partial charge in [0.1, 0.15) is 0 Å². The number of anilines is 1. The molecule has 8 heteroatoms. The number of hydrogen-bond donors (Lipinski definition) is 3. The van der Waals surface area contributed by atoms with Crippen molar-refractivity contribution in [3.8, 4) is 0 Å². The number of nitrogens with one attached hydrogen (secondary N) is 3. The van der Waals surface area contributed by atoms with Crippen LogP contribution in [-0.2, 0) is 6.42 Å². The average molecular weight is 389 g/mol. The molecule has 3 N–H and O–H groups in total. The Balaban J connectivity index is 1.43. The van der Waals surface area contributed by atoms with E-state index in [1.165, 1.54) is 9.58 Å². The number of hydrogen-bond acceptors (Lipinski definition) is 6. The molecular formula is C18H24N6S2. The van der Waals surface area contributed by atoms with Crippen molar-refractivity contribution >= 4 is 44.0 Å². The van der Waals surface area contributed by atoms with Crippen LogP contribution in [0.1, 0.15) is 16.8 Å². The fraction of sp³-hybridized carbons (Fsp3) is 0.389. The molecular weight excluding hydrogens is 364 g/mol. The van der Waals surface area contributed by atoms with Crippen LogP contribution in [0.15, 0.2) is 35.5 Å². The molecule has 0 aliphatic carbocycles. The number of rotatable bonds is 8. The first-order valence-electron chi connectivity index (χ1n) is 8.77. The van der Waals surface area contributed by atoms with E-state index in [2.05, 4.69) is 50.8 Å². The average Bonchev–Trinajstić information content (AvgIpc) is 3.24. The summed E-state index contributed by atoms with van der Waals surface area (Å²) in [6, 6.07) is 8.18. The van der Waals surface area contributed by atoms with Gasteiger partial charge in [-0.15, -0.1) is 11.3 Å². The summed E-state index contributed by atoms with van der Waals surface area (Å²) in [6.45, 7) is 7.28. The summed E-state index contributed by atoms with van der Waals surface area (Å²) < 4.78 is 1.20. The normalized spacial score (nSPS) is 11.7. The second-order valence-electron chi connectivity index (χ2n) is 5.72. The third kappa shape index (κ3) is 5.40. The number of fused-ring (bicyclic) bond motifs is 1. The van der Waals surface area contributed by atoms with Crippen molar-refractivity contribution in [3.63, 3.8) is 0 Å². The van der Waals surface area contributed by atoms with Gasteiger partial charge in [-0.05, 0) is 26.0 Å². The van der Waals surface area contributed by atoms with Gasteiger partial charge in [0.15, 0.2) is 11.1 Å². The maximum atomic E-state index is 4.62. The standard InChI is InChI=1S/C18H24N6S2/c1-3-19-17(20-9-8-16-23-12-13(2)25-16)21-10-11-22-18-24-14-6-4-5-7-15(14)26-18/h4-7,12H,3,8-11H2,1-2H3,(H,22,24)(H2,19,20,21). The van der Waals surface area contributed by atoms with Crippen molar-refractivity contribution in [2.24, 2.45) is 4.99 Å². The summed E-state index contributed by atoms with van der Waals surface area (Å²) in [4.78, 5) is 14.8. The van der Waals surface area contributed by atoms with Crippen LogP contribution in [0.4, 0.5) is 5.13 Å². The van der Waals surface area contributed by atoms with Crippen LogP contribution in [0.3, 0.4) is 0 Å². The van der Waals surface area contributed by atoms with Crippen LogP contribution >= 0.6 is 22.7 Å². The maximum absolute atomic E-state index is 4.62. The van der Waals surface area contributed by atoms with E-state index in [1.54, 1.807) is 22.7 Å². The highest BCUT2D eigenvalue weighted by molar-refractivity contribution is 7.22. The molecule has 2 heterocycles. The monoisotopic (exact) mass is 388 g/mol. The van der Waals surface area contributed by atoms with Crippen molar-refractivity contribution in [2.75, 3.05) is 31.5 Å². The summed E-state index contributed by atoms with van der Waals surface area (Å²) in [5.41, 5.74) is 1.04. The molecule has 0 saturated heterocycles. The highest BCUT2D eigenvalue weighted by atomic mass is 32.1. The largest absolute Gasteiger partial charge is 0.360 e. The van der Waals surface area contributed by atoms with Crippen LogP contribution in [-0.4, -0.2) is 42.1 Å². The summed E-state index contributed by atoms with van der Waals surface area (Å²) >= 11 is 3.41. The van der Waals surface area contributed by atoms with Crippen molar-refractivity contribution < 1.29 is 0 Å². The number of aromatic nitrogens is 2. The lowest BCUT2D eigenvalue weighted by molar-refractivity contribution is 0.814. The molecule has 0 unspecified atom stereocenters. The third-order valence-corrected chi connectivity index (χ3v) is 5.56. The Bertz CT molecular complexity index is 821. The number of benzene rings is 1. The van der Waals surface area contributed by atoms with Crippen LogP contribution < -0.4 is 16.0 Å². The predicted molar refractivity (Wildman–Crippen MR) is 113 cm³/mol. The SMILES string of the molecule is CCNC(=NCCc1ncc(C)s1)NCCNc1nc2ccccc2s1. The minimum absolute atomic E-state index is 0.730. The lowest BCUT2D eigenvalue weighted by Gasteiger charge is -2.11. The number of guanidine groups is 1. The molecule has 0 radical (unpaired) electrons. The van der Waals surface area contributed by atoms with Crippen molar-refractivity contribution in [3.05, 3.63) is 40.3 Å². The third-order valence-electron chi connectivity index (χ3n) is 3.60. The quantitative estimate of drug-likeness (QED) is 0.314. The van der Waals surface area contributed by atoms with Crippen LogP contribution in [0.2, 0.25) is 0 Å². The molecule has 0 aliphatic rings. The van der Waals surface area contributed by atoms with Gasteiger partial charge >= 0.3 is 0 Å². The van der Waals surface area contributed by atoms with Gasteiger partial charge in [-0.3, -0.25) is 4.99 Å². The molecule has 3 aromatic rings. The van der Waals surface area contributed by atoms with E-state index in [-0.39, 0.29) is 0 Å². The van der Waals surface area contributed by atoms with Gasteiger partial charge in [-0.1, -0.05) is 23.5 Å². The molecule has 1 aromatic carbocycles. The molecule has 3 rings (SSSR count). The Morgan fingerprint density at radius 2 is 2.04 bits per heavy atom. The number of aryl methyl sites for hydroxylation is 1. The van der Waals surface area contributed by atoms with E-state index in [4.69, 9.17) is 0 Å². The summed E-state index contributed by atoms with van der Waals surface area (Å²) in [6.07, 6.45) is 2.79. The van der Waals surface area contributed by atoms with Gasteiger partial charge in [0, 0.05) is 43.7 Å².